The molecule has 0 spiro atoms. The van der Waals surface area contributed by atoms with Gasteiger partial charge in [0, 0.05) is 24.2 Å². The number of halogens is 1. The molecule has 5 nitrogen and oxygen atoms in total. The largest absolute Gasteiger partial charge is 0.346 e. The normalized spacial score (nSPS) is 13.8. The number of methoxy groups -OCH3 is 1. The number of ether oxygens (including phenoxy) is 1. The third kappa shape index (κ3) is 3.25. The molecule has 0 radical (unpaired) electrons. The molecule has 0 saturated heterocycles. The summed E-state index contributed by atoms with van der Waals surface area (Å²) in [5.74, 6) is 0.670. The van der Waals surface area contributed by atoms with Gasteiger partial charge in [0.15, 0.2) is 5.82 Å². The van der Waals surface area contributed by atoms with Crippen LogP contribution in [0.3, 0.4) is 0 Å². The number of fused-ring (bicyclic) bond motifs is 1. The van der Waals surface area contributed by atoms with Crippen molar-refractivity contribution in [3.63, 3.8) is 0 Å². The molecule has 0 aliphatic rings. The van der Waals surface area contributed by atoms with Gasteiger partial charge in [-0.05, 0) is 36.4 Å². The molecule has 0 aliphatic carbocycles. The Morgan fingerprint density at radius 3 is 2.29 bits per heavy atom. The smallest absolute Gasteiger partial charge is 0.263 e. The Hall–Kier alpha value is -2.83. The average molecular weight is 435 g/mol. The number of para-hydroxylation sites is 2. The van der Waals surface area contributed by atoms with Crippen LogP contribution in [0.1, 0.15) is 11.4 Å². The molecule has 0 aliphatic heterocycles. The number of azo groups is 1. The molecule has 1 unspecified atom stereocenters. The van der Waals surface area contributed by atoms with Gasteiger partial charge in [-0.3, -0.25) is 0 Å². The predicted octanol–water partition coefficient (Wildman–Crippen LogP) is 5.97. The molecular formula is C22H19BrN4O. The molecular weight excluding hydrogens is 416 g/mol. The van der Waals surface area contributed by atoms with Crippen molar-refractivity contribution in [3.8, 4) is 0 Å². The zero-order chi connectivity index (χ0) is 19.6. The molecule has 6 heteroatoms. The molecule has 1 atom stereocenters. The Balaban J connectivity index is 1.92. The van der Waals surface area contributed by atoms with Crippen LogP contribution in [0.4, 0.5) is 5.69 Å². The summed E-state index contributed by atoms with van der Waals surface area (Å²) in [7, 11) is 3.60. The lowest BCUT2D eigenvalue weighted by Gasteiger charge is -2.27. The van der Waals surface area contributed by atoms with Crippen molar-refractivity contribution >= 4 is 32.7 Å². The highest BCUT2D eigenvalue weighted by Gasteiger charge is 2.39. The van der Waals surface area contributed by atoms with E-state index in [0.29, 0.717) is 5.82 Å². The van der Waals surface area contributed by atoms with Gasteiger partial charge in [-0.15, -0.1) is 5.11 Å². The zero-order valence-corrected chi connectivity index (χ0v) is 17.2. The van der Waals surface area contributed by atoms with E-state index in [-0.39, 0.29) is 0 Å². The first-order valence-electron chi connectivity index (χ1n) is 8.85. The number of nitrogens with zero attached hydrogens (tertiary/aromatic N) is 4. The average Bonchev–Trinajstić information content (AvgIpc) is 3.08. The van der Waals surface area contributed by atoms with E-state index in [2.05, 4.69) is 26.2 Å². The van der Waals surface area contributed by atoms with Crippen molar-refractivity contribution in [2.24, 2.45) is 17.3 Å². The Kier molecular flexibility index (Phi) is 5.07. The second kappa shape index (κ2) is 7.66. The number of hydrogen-bond acceptors (Lipinski definition) is 4. The topological polar surface area (TPSA) is 51.8 Å². The van der Waals surface area contributed by atoms with E-state index < -0.39 is 5.72 Å². The van der Waals surface area contributed by atoms with E-state index in [1.54, 1.807) is 7.11 Å². The lowest BCUT2D eigenvalue weighted by Crippen LogP contribution is -2.30. The molecule has 1 aromatic heterocycles. The monoisotopic (exact) mass is 434 g/mol. The number of benzene rings is 3. The van der Waals surface area contributed by atoms with Crippen molar-refractivity contribution in [2.45, 2.75) is 5.72 Å². The number of hydrogen-bond donors (Lipinski definition) is 0. The molecule has 0 fully saturated rings. The molecule has 1 heterocycles. The van der Waals surface area contributed by atoms with Crippen molar-refractivity contribution < 1.29 is 4.74 Å². The summed E-state index contributed by atoms with van der Waals surface area (Å²) in [6.45, 7) is 0. The van der Waals surface area contributed by atoms with E-state index in [1.807, 2.05) is 90.5 Å². The van der Waals surface area contributed by atoms with Crippen LogP contribution in [0.2, 0.25) is 0 Å². The van der Waals surface area contributed by atoms with Gasteiger partial charge >= 0.3 is 0 Å². The predicted molar refractivity (Wildman–Crippen MR) is 114 cm³/mol. The summed E-state index contributed by atoms with van der Waals surface area (Å²) in [4.78, 5) is 4.84. The summed E-state index contributed by atoms with van der Waals surface area (Å²) < 4.78 is 9.01. The Labute approximate surface area is 171 Å². The quantitative estimate of drug-likeness (QED) is 0.363. The fourth-order valence-corrected chi connectivity index (χ4v) is 3.49. The van der Waals surface area contributed by atoms with Gasteiger partial charge in [-0.2, -0.15) is 5.11 Å². The molecule has 0 saturated carbocycles. The highest BCUT2D eigenvalue weighted by Crippen LogP contribution is 2.37. The minimum absolute atomic E-state index is 0.670. The zero-order valence-electron chi connectivity index (χ0n) is 15.6. The third-order valence-electron chi connectivity index (χ3n) is 4.68. The van der Waals surface area contributed by atoms with Crippen LogP contribution in [-0.4, -0.2) is 16.7 Å². The number of rotatable bonds is 5. The van der Waals surface area contributed by atoms with Crippen molar-refractivity contribution in [1.29, 1.82) is 0 Å². The van der Waals surface area contributed by atoms with Gasteiger partial charge in [0.25, 0.3) is 5.72 Å². The molecule has 0 amide bonds. The minimum atomic E-state index is -1.16. The molecule has 28 heavy (non-hydrogen) atoms. The van der Waals surface area contributed by atoms with Gasteiger partial charge < -0.3 is 9.30 Å². The van der Waals surface area contributed by atoms with Gasteiger partial charge in [0.05, 0.1) is 16.7 Å². The fourth-order valence-electron chi connectivity index (χ4n) is 3.23. The second-order valence-electron chi connectivity index (χ2n) is 6.37. The van der Waals surface area contributed by atoms with Crippen LogP contribution in [0.15, 0.2) is 93.6 Å². The van der Waals surface area contributed by atoms with Crippen LogP contribution >= 0.6 is 15.9 Å². The molecule has 140 valence electrons. The summed E-state index contributed by atoms with van der Waals surface area (Å²) >= 11 is 3.44. The van der Waals surface area contributed by atoms with Gasteiger partial charge in [0.2, 0.25) is 0 Å². The molecule has 4 aromatic rings. The minimum Gasteiger partial charge on any atom is -0.346 e. The van der Waals surface area contributed by atoms with Crippen molar-refractivity contribution in [3.05, 3.63) is 94.7 Å². The lowest BCUT2D eigenvalue weighted by molar-refractivity contribution is 0.0146. The molecule has 0 bridgehead atoms. The Morgan fingerprint density at radius 2 is 1.61 bits per heavy atom. The van der Waals surface area contributed by atoms with E-state index >= 15 is 0 Å². The maximum Gasteiger partial charge on any atom is 0.263 e. The maximum absolute atomic E-state index is 6.01. The standard InChI is InChI=1S/C22H19BrN4O/c1-27-20-11-7-6-10-19(20)24-21(27)22(28-2,16-8-4-3-5-9-16)26-25-18-14-12-17(23)13-15-18/h3-15H,1-2H3. The maximum atomic E-state index is 6.01. The highest BCUT2D eigenvalue weighted by atomic mass is 79.9. The SMILES string of the molecule is COC(N=Nc1ccc(Br)cc1)(c1ccccc1)c1nc2ccccc2n1C. The van der Waals surface area contributed by atoms with E-state index in [9.17, 15) is 0 Å². The van der Waals surface area contributed by atoms with E-state index in [0.717, 1.165) is 26.8 Å². The van der Waals surface area contributed by atoms with Crippen LogP contribution in [-0.2, 0) is 17.5 Å². The molecule has 4 rings (SSSR count). The van der Waals surface area contributed by atoms with Crippen molar-refractivity contribution in [1.82, 2.24) is 9.55 Å². The van der Waals surface area contributed by atoms with E-state index in [1.165, 1.54) is 0 Å². The van der Waals surface area contributed by atoms with Gasteiger partial charge in [-0.25, -0.2) is 4.98 Å². The first kappa shape index (κ1) is 18.5. The van der Waals surface area contributed by atoms with Crippen molar-refractivity contribution in [2.75, 3.05) is 7.11 Å². The number of aryl methyl sites for hydroxylation is 1. The molecule has 0 N–H and O–H groups in total. The summed E-state index contributed by atoms with van der Waals surface area (Å²) in [5.41, 5.74) is 2.32. The lowest BCUT2D eigenvalue weighted by atomic mass is 10.0. The number of aromatic nitrogens is 2. The van der Waals surface area contributed by atoms with Crippen LogP contribution in [0.25, 0.3) is 11.0 Å². The van der Waals surface area contributed by atoms with Crippen LogP contribution in [0.5, 0.6) is 0 Å². The summed E-state index contributed by atoms with van der Waals surface area (Å²) in [6, 6.07) is 25.5. The number of imidazole rings is 1. The van der Waals surface area contributed by atoms with E-state index in [4.69, 9.17) is 9.72 Å². The van der Waals surface area contributed by atoms with Gasteiger partial charge in [-0.1, -0.05) is 58.4 Å². The third-order valence-corrected chi connectivity index (χ3v) is 5.21. The second-order valence-corrected chi connectivity index (χ2v) is 7.29. The van der Waals surface area contributed by atoms with Gasteiger partial charge in [0.1, 0.15) is 0 Å². The summed E-state index contributed by atoms with van der Waals surface area (Å²) in [5, 5.41) is 9.15. The van der Waals surface area contributed by atoms with Crippen LogP contribution in [0, 0.1) is 0 Å². The summed E-state index contributed by atoms with van der Waals surface area (Å²) in [6.07, 6.45) is 0. The Bertz CT molecular complexity index is 1120. The van der Waals surface area contributed by atoms with Crippen LogP contribution < -0.4 is 0 Å². The fraction of sp³-hybridized carbons (Fsp3) is 0.136. The molecule has 3 aromatic carbocycles. The highest BCUT2D eigenvalue weighted by molar-refractivity contribution is 9.10. The first-order valence-corrected chi connectivity index (χ1v) is 9.64. The Morgan fingerprint density at radius 1 is 0.929 bits per heavy atom. The first-order chi connectivity index (χ1) is 13.6.